The maximum Gasteiger partial charge on any atom is 0.410 e. The average molecular weight is 387 g/mol. The first-order valence-corrected chi connectivity index (χ1v) is 9.78. The van der Waals surface area contributed by atoms with Gasteiger partial charge in [-0.25, -0.2) is 9.59 Å². The molecule has 1 aliphatic rings. The molecule has 152 valence electrons. The molecule has 1 aromatic carbocycles. The number of carboxylic acid groups (broad SMARTS) is 1. The first-order chi connectivity index (χ1) is 13.2. The Morgan fingerprint density at radius 1 is 1.29 bits per heavy atom. The largest absolute Gasteiger partial charge is 0.465 e. The summed E-state index contributed by atoms with van der Waals surface area (Å²) in [6.07, 6.45) is 3.53. The minimum absolute atomic E-state index is 0.247. The van der Waals surface area contributed by atoms with E-state index in [9.17, 15) is 9.59 Å². The Morgan fingerprint density at radius 3 is 2.64 bits per heavy atom. The van der Waals surface area contributed by atoms with Crippen LogP contribution in [-0.2, 0) is 17.8 Å². The van der Waals surface area contributed by atoms with Gasteiger partial charge in [-0.1, -0.05) is 18.2 Å². The van der Waals surface area contributed by atoms with Gasteiger partial charge in [-0.15, -0.1) is 0 Å². The number of ether oxygens (including phenoxy) is 1. The molecular formula is C21H29N3O4. The minimum Gasteiger partial charge on any atom is -0.465 e. The van der Waals surface area contributed by atoms with E-state index in [0.717, 1.165) is 29.3 Å². The van der Waals surface area contributed by atoms with Crippen molar-refractivity contribution in [3.63, 3.8) is 0 Å². The van der Waals surface area contributed by atoms with Crippen molar-refractivity contribution in [2.45, 2.75) is 64.8 Å². The van der Waals surface area contributed by atoms with Crippen molar-refractivity contribution in [1.29, 1.82) is 0 Å². The Bertz CT molecular complexity index is 849. The molecule has 28 heavy (non-hydrogen) atoms. The number of amides is 2. The number of hydrogen-bond acceptors (Lipinski definition) is 3. The highest BCUT2D eigenvalue weighted by molar-refractivity contribution is 5.84. The maximum atomic E-state index is 12.7. The molecule has 0 atom stereocenters. The molecule has 2 amide bonds. The first kappa shape index (κ1) is 20.0. The van der Waals surface area contributed by atoms with Crippen molar-refractivity contribution in [2.24, 2.45) is 0 Å². The molecule has 2 aromatic rings. The summed E-state index contributed by atoms with van der Waals surface area (Å²) in [4.78, 5) is 25.1. The zero-order valence-corrected chi connectivity index (χ0v) is 16.8. The molecule has 3 rings (SSSR count). The van der Waals surface area contributed by atoms with Gasteiger partial charge in [0, 0.05) is 36.2 Å². The normalized spacial score (nSPS) is 14.1. The monoisotopic (exact) mass is 387 g/mol. The number of carbonyl (C=O) groups is 2. The summed E-state index contributed by atoms with van der Waals surface area (Å²) >= 11 is 0. The summed E-state index contributed by atoms with van der Waals surface area (Å²) in [7, 11) is 0. The van der Waals surface area contributed by atoms with Crippen LogP contribution in [-0.4, -0.2) is 44.9 Å². The van der Waals surface area contributed by atoms with Crippen LogP contribution in [0, 0.1) is 0 Å². The Labute approximate surface area is 165 Å². The molecule has 1 heterocycles. The van der Waals surface area contributed by atoms with E-state index < -0.39 is 11.7 Å². The number of nitrogens with one attached hydrogen (secondary N) is 1. The highest BCUT2D eigenvalue weighted by Crippen LogP contribution is 2.32. The summed E-state index contributed by atoms with van der Waals surface area (Å²) < 4.78 is 7.74. The van der Waals surface area contributed by atoms with Crippen LogP contribution in [0.2, 0.25) is 0 Å². The lowest BCUT2D eigenvalue weighted by Gasteiger charge is -2.27. The second-order valence-corrected chi connectivity index (χ2v) is 8.29. The van der Waals surface area contributed by atoms with Crippen LogP contribution in [0.5, 0.6) is 0 Å². The average Bonchev–Trinajstić information content (AvgIpc) is 3.38. The second kappa shape index (κ2) is 8.12. The molecule has 7 nitrogen and oxygen atoms in total. The van der Waals surface area contributed by atoms with Gasteiger partial charge in [-0.2, -0.15) is 0 Å². The van der Waals surface area contributed by atoms with Crippen LogP contribution < -0.4 is 5.32 Å². The lowest BCUT2D eigenvalue weighted by molar-refractivity contribution is 0.0217. The van der Waals surface area contributed by atoms with Crippen molar-refractivity contribution < 1.29 is 19.4 Å². The Morgan fingerprint density at radius 2 is 2.00 bits per heavy atom. The standard InChI is InChI=1S/C21H29N3O4/c1-21(2,3)28-20(27)24(16-9-10-16)14-15-13-23(12-6-11-22-19(25)26)18-8-5-4-7-17(15)18/h4-5,7-8,13,16,22H,6,9-12,14H2,1-3H3,(H,25,26). The van der Waals surface area contributed by atoms with Gasteiger partial charge in [0.25, 0.3) is 0 Å². The predicted molar refractivity (Wildman–Crippen MR) is 107 cm³/mol. The van der Waals surface area contributed by atoms with Gasteiger partial charge in [-0.3, -0.25) is 0 Å². The van der Waals surface area contributed by atoms with E-state index in [1.165, 1.54) is 0 Å². The third kappa shape index (κ3) is 5.18. The number of fused-ring (bicyclic) bond motifs is 1. The summed E-state index contributed by atoms with van der Waals surface area (Å²) in [6.45, 7) is 7.27. The van der Waals surface area contributed by atoms with Crippen molar-refractivity contribution >= 4 is 23.1 Å². The van der Waals surface area contributed by atoms with Gasteiger partial charge in [0.05, 0.1) is 6.54 Å². The predicted octanol–water partition coefficient (Wildman–Crippen LogP) is 4.20. The summed E-state index contributed by atoms with van der Waals surface area (Å²) in [6, 6.07) is 8.36. The van der Waals surface area contributed by atoms with E-state index in [-0.39, 0.29) is 12.1 Å². The molecule has 1 fully saturated rings. The Balaban J connectivity index is 1.78. The quantitative estimate of drug-likeness (QED) is 0.698. The number of para-hydroxylation sites is 1. The van der Waals surface area contributed by atoms with Crippen LogP contribution in [0.25, 0.3) is 10.9 Å². The van der Waals surface area contributed by atoms with Crippen LogP contribution in [0.3, 0.4) is 0 Å². The molecule has 7 heteroatoms. The number of aryl methyl sites for hydroxylation is 1. The second-order valence-electron chi connectivity index (χ2n) is 8.29. The summed E-state index contributed by atoms with van der Waals surface area (Å²) in [5.41, 5.74) is 1.65. The van der Waals surface area contributed by atoms with Gasteiger partial charge < -0.3 is 24.6 Å². The summed E-state index contributed by atoms with van der Waals surface area (Å²) in [5.74, 6) is 0. The topological polar surface area (TPSA) is 83.8 Å². The van der Waals surface area contributed by atoms with E-state index in [1.54, 1.807) is 0 Å². The fourth-order valence-electron chi connectivity index (χ4n) is 3.31. The van der Waals surface area contributed by atoms with Gasteiger partial charge in [0.15, 0.2) is 0 Å². The Kier molecular flexibility index (Phi) is 5.82. The molecule has 0 radical (unpaired) electrons. The molecule has 1 aromatic heterocycles. The molecule has 1 aliphatic carbocycles. The van der Waals surface area contributed by atoms with E-state index in [1.807, 2.05) is 37.8 Å². The van der Waals surface area contributed by atoms with E-state index in [0.29, 0.717) is 26.1 Å². The lowest BCUT2D eigenvalue weighted by Crippen LogP contribution is -2.37. The van der Waals surface area contributed by atoms with Crippen LogP contribution in [0.15, 0.2) is 30.5 Å². The fourth-order valence-corrected chi connectivity index (χ4v) is 3.31. The lowest BCUT2D eigenvalue weighted by atomic mass is 10.1. The zero-order chi connectivity index (χ0) is 20.3. The zero-order valence-electron chi connectivity index (χ0n) is 16.8. The van der Waals surface area contributed by atoms with Crippen LogP contribution in [0.4, 0.5) is 9.59 Å². The van der Waals surface area contributed by atoms with Gasteiger partial charge in [0.2, 0.25) is 0 Å². The van der Waals surface area contributed by atoms with Crippen LogP contribution >= 0.6 is 0 Å². The minimum atomic E-state index is -1.00. The third-order valence-electron chi connectivity index (χ3n) is 4.68. The highest BCUT2D eigenvalue weighted by atomic mass is 16.6. The van der Waals surface area contributed by atoms with Crippen molar-refractivity contribution in [2.75, 3.05) is 6.54 Å². The van der Waals surface area contributed by atoms with Gasteiger partial charge in [-0.05, 0) is 51.7 Å². The molecule has 1 saturated carbocycles. The third-order valence-corrected chi connectivity index (χ3v) is 4.68. The van der Waals surface area contributed by atoms with Gasteiger partial charge in [0.1, 0.15) is 5.60 Å². The van der Waals surface area contributed by atoms with E-state index in [2.05, 4.69) is 28.2 Å². The SMILES string of the molecule is CC(C)(C)OC(=O)N(Cc1cn(CCCNC(=O)O)c2ccccc12)C1CC1. The number of hydrogen-bond donors (Lipinski definition) is 2. The smallest absolute Gasteiger partial charge is 0.410 e. The number of aromatic nitrogens is 1. The number of carbonyl (C=O) groups excluding carboxylic acids is 1. The van der Waals surface area contributed by atoms with E-state index >= 15 is 0 Å². The number of rotatable bonds is 7. The van der Waals surface area contributed by atoms with Crippen molar-refractivity contribution in [1.82, 2.24) is 14.8 Å². The summed E-state index contributed by atoms with van der Waals surface area (Å²) in [5, 5.41) is 12.2. The number of nitrogens with zero attached hydrogens (tertiary/aromatic N) is 2. The molecule has 0 bridgehead atoms. The van der Waals surface area contributed by atoms with E-state index in [4.69, 9.17) is 9.84 Å². The van der Waals surface area contributed by atoms with Crippen LogP contribution in [0.1, 0.15) is 45.6 Å². The molecule has 2 N–H and O–H groups in total. The fraction of sp³-hybridized carbons (Fsp3) is 0.524. The Hall–Kier alpha value is -2.70. The van der Waals surface area contributed by atoms with Crippen molar-refractivity contribution in [3.05, 3.63) is 36.0 Å². The molecular weight excluding hydrogens is 358 g/mol. The van der Waals surface area contributed by atoms with Gasteiger partial charge >= 0.3 is 12.2 Å². The highest BCUT2D eigenvalue weighted by Gasteiger charge is 2.35. The molecule has 0 saturated heterocycles. The molecule has 0 spiro atoms. The molecule has 0 unspecified atom stereocenters. The van der Waals surface area contributed by atoms with Crippen molar-refractivity contribution in [3.8, 4) is 0 Å². The number of benzene rings is 1. The maximum absolute atomic E-state index is 12.7. The first-order valence-electron chi connectivity index (χ1n) is 9.78. The molecule has 0 aliphatic heterocycles.